The van der Waals surface area contributed by atoms with Crippen LogP contribution in [0.1, 0.15) is 26.2 Å². The van der Waals surface area contributed by atoms with Gasteiger partial charge in [0.2, 0.25) is 0 Å². The van der Waals surface area contributed by atoms with Crippen LogP contribution in [-0.4, -0.2) is 72.9 Å². The normalized spacial score (nSPS) is 30.9. The maximum Gasteiger partial charge on any atom is 0.0623 e. The molecule has 17 heavy (non-hydrogen) atoms. The second kappa shape index (κ2) is 5.65. The van der Waals surface area contributed by atoms with Crippen molar-refractivity contribution in [2.75, 3.05) is 46.4 Å². The molecule has 0 aromatic rings. The minimum atomic E-state index is -0.153. The minimum absolute atomic E-state index is 0.153. The molecular weight excluding hydrogens is 214 g/mol. The van der Waals surface area contributed by atoms with Crippen molar-refractivity contribution in [1.82, 2.24) is 15.1 Å². The van der Waals surface area contributed by atoms with Crippen LogP contribution in [0.4, 0.5) is 0 Å². The summed E-state index contributed by atoms with van der Waals surface area (Å²) >= 11 is 0. The Balaban J connectivity index is 1.81. The molecule has 0 spiro atoms. The number of likely N-dealkylation sites (N-methyl/N-ethyl adjacent to an activating group) is 1. The van der Waals surface area contributed by atoms with E-state index in [1.165, 1.54) is 45.4 Å². The molecule has 2 unspecified atom stereocenters. The van der Waals surface area contributed by atoms with Crippen LogP contribution in [0.3, 0.4) is 0 Å². The molecule has 0 radical (unpaired) electrons. The molecule has 2 saturated heterocycles. The van der Waals surface area contributed by atoms with Crippen molar-refractivity contribution in [3.63, 3.8) is 0 Å². The van der Waals surface area contributed by atoms with Crippen LogP contribution < -0.4 is 5.32 Å². The topological polar surface area (TPSA) is 38.7 Å². The van der Waals surface area contributed by atoms with E-state index in [9.17, 15) is 5.11 Å². The van der Waals surface area contributed by atoms with Gasteiger partial charge in [0.05, 0.1) is 12.1 Å². The Labute approximate surface area is 105 Å². The fourth-order valence-electron chi connectivity index (χ4n) is 3.06. The zero-order chi connectivity index (χ0) is 12.3. The highest BCUT2D eigenvalue weighted by atomic mass is 16.3. The zero-order valence-electron chi connectivity index (χ0n) is 11.3. The summed E-state index contributed by atoms with van der Waals surface area (Å²) in [7, 11) is 1.93. The van der Waals surface area contributed by atoms with Gasteiger partial charge in [-0.25, -0.2) is 0 Å². The second-order valence-corrected chi connectivity index (χ2v) is 5.89. The molecule has 0 aromatic heterocycles. The summed E-state index contributed by atoms with van der Waals surface area (Å²) in [6, 6.07) is 0.761. The average molecular weight is 241 g/mol. The van der Waals surface area contributed by atoms with Gasteiger partial charge in [-0.2, -0.15) is 0 Å². The molecule has 2 rings (SSSR count). The Morgan fingerprint density at radius 1 is 1.29 bits per heavy atom. The summed E-state index contributed by atoms with van der Waals surface area (Å²) in [5.41, 5.74) is -0.153. The smallest absolute Gasteiger partial charge is 0.0623 e. The number of likely N-dealkylation sites (tertiary alicyclic amines) is 2. The minimum Gasteiger partial charge on any atom is -0.394 e. The highest BCUT2D eigenvalue weighted by molar-refractivity contribution is 4.91. The lowest BCUT2D eigenvalue weighted by Gasteiger charge is -2.32. The third kappa shape index (κ3) is 3.19. The van der Waals surface area contributed by atoms with Gasteiger partial charge in [-0.05, 0) is 52.9 Å². The maximum atomic E-state index is 9.42. The molecule has 2 N–H and O–H groups in total. The van der Waals surface area contributed by atoms with Crippen LogP contribution in [0.15, 0.2) is 0 Å². The Hall–Kier alpha value is -0.160. The summed E-state index contributed by atoms with van der Waals surface area (Å²) < 4.78 is 0. The van der Waals surface area contributed by atoms with Gasteiger partial charge in [0.25, 0.3) is 0 Å². The van der Waals surface area contributed by atoms with Crippen molar-refractivity contribution in [1.29, 1.82) is 0 Å². The first-order valence-corrected chi connectivity index (χ1v) is 6.93. The number of rotatable bonds is 5. The van der Waals surface area contributed by atoms with E-state index in [0.717, 1.165) is 12.6 Å². The molecular formula is C13H27N3O. The maximum absolute atomic E-state index is 9.42. The Bertz CT molecular complexity index is 237. The van der Waals surface area contributed by atoms with Crippen LogP contribution in [0.25, 0.3) is 0 Å². The molecule has 2 fully saturated rings. The molecule has 0 aliphatic carbocycles. The molecule has 4 heteroatoms. The Morgan fingerprint density at radius 3 is 2.59 bits per heavy atom. The third-order valence-electron chi connectivity index (χ3n) is 4.43. The highest BCUT2D eigenvalue weighted by Gasteiger charge is 2.32. The first-order chi connectivity index (χ1) is 8.17. The lowest BCUT2D eigenvalue weighted by Crippen LogP contribution is -2.52. The van der Waals surface area contributed by atoms with Crippen LogP contribution in [-0.2, 0) is 0 Å². The van der Waals surface area contributed by atoms with Crippen molar-refractivity contribution in [3.8, 4) is 0 Å². The lowest BCUT2D eigenvalue weighted by atomic mass is 10.0. The Morgan fingerprint density at radius 2 is 2.00 bits per heavy atom. The van der Waals surface area contributed by atoms with Gasteiger partial charge in [-0.15, -0.1) is 0 Å². The standard InChI is InChI=1S/C13H27N3O/c1-13(11-17,14-2)10-15-8-5-12(9-15)16-6-3-4-7-16/h12,14,17H,3-11H2,1-2H3. The van der Waals surface area contributed by atoms with Crippen molar-refractivity contribution in [2.45, 2.75) is 37.8 Å². The van der Waals surface area contributed by atoms with Crippen LogP contribution in [0.5, 0.6) is 0 Å². The monoisotopic (exact) mass is 241 g/mol. The molecule has 0 saturated carbocycles. The van der Waals surface area contributed by atoms with Gasteiger partial charge in [0.15, 0.2) is 0 Å². The van der Waals surface area contributed by atoms with Gasteiger partial charge in [-0.3, -0.25) is 9.80 Å². The van der Waals surface area contributed by atoms with Crippen LogP contribution in [0, 0.1) is 0 Å². The molecule has 2 aliphatic rings. The Kier molecular flexibility index (Phi) is 4.42. The SMILES string of the molecule is CNC(C)(CO)CN1CCC(N2CCCC2)C1. The van der Waals surface area contributed by atoms with Crippen molar-refractivity contribution >= 4 is 0 Å². The third-order valence-corrected chi connectivity index (χ3v) is 4.43. The van der Waals surface area contributed by atoms with E-state index in [1.54, 1.807) is 0 Å². The summed E-state index contributed by atoms with van der Waals surface area (Å²) in [6.07, 6.45) is 4.05. The van der Waals surface area contributed by atoms with Crippen LogP contribution in [0.2, 0.25) is 0 Å². The summed E-state index contributed by atoms with van der Waals surface area (Å²) in [5, 5.41) is 12.7. The largest absolute Gasteiger partial charge is 0.394 e. The van der Waals surface area contributed by atoms with Crippen LogP contribution >= 0.6 is 0 Å². The number of nitrogens with one attached hydrogen (secondary N) is 1. The predicted octanol–water partition coefficient (Wildman–Crippen LogP) is 0.127. The van der Waals surface area contributed by atoms with Gasteiger partial charge in [0.1, 0.15) is 0 Å². The predicted molar refractivity (Wildman–Crippen MR) is 70.2 cm³/mol. The lowest BCUT2D eigenvalue weighted by molar-refractivity contribution is 0.132. The molecule has 4 nitrogen and oxygen atoms in total. The zero-order valence-corrected chi connectivity index (χ0v) is 11.3. The summed E-state index contributed by atoms with van der Waals surface area (Å²) in [6.45, 7) is 8.19. The molecule has 2 heterocycles. The fourth-order valence-corrected chi connectivity index (χ4v) is 3.06. The number of nitrogens with zero attached hydrogens (tertiary/aromatic N) is 2. The summed E-state index contributed by atoms with van der Waals surface area (Å²) in [4.78, 5) is 5.14. The van der Waals surface area contributed by atoms with Crippen molar-refractivity contribution < 1.29 is 5.11 Å². The van der Waals surface area contributed by atoms with E-state index in [0.29, 0.717) is 0 Å². The number of aliphatic hydroxyl groups excluding tert-OH is 1. The molecule has 0 bridgehead atoms. The van der Waals surface area contributed by atoms with E-state index in [2.05, 4.69) is 22.0 Å². The summed E-state index contributed by atoms with van der Waals surface area (Å²) in [5.74, 6) is 0. The number of hydrogen-bond donors (Lipinski definition) is 2. The number of hydrogen-bond acceptors (Lipinski definition) is 4. The van der Waals surface area contributed by atoms with Gasteiger partial charge in [0, 0.05) is 19.1 Å². The number of aliphatic hydroxyl groups is 1. The molecule has 2 aliphatic heterocycles. The first-order valence-electron chi connectivity index (χ1n) is 6.93. The average Bonchev–Trinajstić information content (AvgIpc) is 2.98. The highest BCUT2D eigenvalue weighted by Crippen LogP contribution is 2.21. The van der Waals surface area contributed by atoms with E-state index < -0.39 is 0 Å². The molecule has 100 valence electrons. The van der Waals surface area contributed by atoms with Crippen molar-refractivity contribution in [2.24, 2.45) is 0 Å². The molecule has 0 aromatic carbocycles. The van der Waals surface area contributed by atoms with Gasteiger partial charge < -0.3 is 10.4 Å². The fraction of sp³-hybridized carbons (Fsp3) is 1.00. The first kappa shape index (κ1) is 13.3. The van der Waals surface area contributed by atoms with E-state index in [1.807, 2.05) is 7.05 Å². The van der Waals surface area contributed by atoms with Gasteiger partial charge >= 0.3 is 0 Å². The van der Waals surface area contributed by atoms with E-state index >= 15 is 0 Å². The quantitative estimate of drug-likeness (QED) is 0.717. The molecule has 2 atom stereocenters. The second-order valence-electron chi connectivity index (χ2n) is 5.89. The van der Waals surface area contributed by atoms with Crippen molar-refractivity contribution in [3.05, 3.63) is 0 Å². The molecule has 0 amide bonds. The van der Waals surface area contributed by atoms with E-state index in [4.69, 9.17) is 0 Å². The van der Waals surface area contributed by atoms with Gasteiger partial charge in [-0.1, -0.05) is 0 Å². The van der Waals surface area contributed by atoms with E-state index in [-0.39, 0.29) is 12.1 Å².